The summed E-state index contributed by atoms with van der Waals surface area (Å²) in [6.07, 6.45) is 7.51. The number of nitrogens with one attached hydrogen (secondary N) is 2. The fourth-order valence-corrected chi connectivity index (χ4v) is 3.59. The Morgan fingerprint density at radius 2 is 2.30 bits per heavy atom. The number of hydrogen-bond acceptors (Lipinski definition) is 3. The molecule has 2 unspecified atom stereocenters. The molecule has 2 N–H and O–H groups in total. The molecule has 1 aliphatic carbocycles. The first kappa shape index (κ1) is 13.6. The summed E-state index contributed by atoms with van der Waals surface area (Å²) >= 11 is 0. The highest BCUT2D eigenvalue weighted by Crippen LogP contribution is 2.30. The van der Waals surface area contributed by atoms with Crippen molar-refractivity contribution in [2.45, 2.75) is 38.1 Å². The molecule has 4 atom stereocenters. The van der Waals surface area contributed by atoms with Gasteiger partial charge >= 0.3 is 0 Å². The first-order valence-corrected chi connectivity index (χ1v) is 7.65. The number of hydrogen-bond donors (Lipinski definition) is 2. The monoisotopic (exact) mass is 276 g/mol. The molecular formula is C15H24N4O. The highest BCUT2D eigenvalue weighted by atomic mass is 16.2. The van der Waals surface area contributed by atoms with Crippen molar-refractivity contribution in [3.05, 3.63) is 18.0 Å². The molecule has 0 bridgehead atoms. The van der Waals surface area contributed by atoms with Crippen LogP contribution in [0.4, 0.5) is 0 Å². The summed E-state index contributed by atoms with van der Waals surface area (Å²) < 4.78 is 1.81. The zero-order chi connectivity index (χ0) is 14.1. The maximum absolute atomic E-state index is 12.6. The number of rotatable bonds is 3. The van der Waals surface area contributed by atoms with Gasteiger partial charge in [-0.1, -0.05) is 13.3 Å². The van der Waals surface area contributed by atoms with Crippen LogP contribution in [-0.4, -0.2) is 34.8 Å². The summed E-state index contributed by atoms with van der Waals surface area (Å²) in [7, 11) is 1.92. The lowest BCUT2D eigenvalue weighted by molar-refractivity contribution is -0.125. The Balaban J connectivity index is 1.67. The van der Waals surface area contributed by atoms with E-state index in [0.29, 0.717) is 12.0 Å². The van der Waals surface area contributed by atoms with Crippen molar-refractivity contribution in [2.75, 3.05) is 13.1 Å². The van der Waals surface area contributed by atoms with E-state index in [9.17, 15) is 4.79 Å². The number of aryl methyl sites for hydroxylation is 1. The summed E-state index contributed by atoms with van der Waals surface area (Å²) in [5.41, 5.74) is 1.16. The van der Waals surface area contributed by atoms with Gasteiger partial charge in [0.05, 0.1) is 12.1 Å². The van der Waals surface area contributed by atoms with Gasteiger partial charge in [-0.25, -0.2) is 0 Å². The summed E-state index contributed by atoms with van der Waals surface area (Å²) in [5.74, 6) is 1.11. The first-order chi connectivity index (χ1) is 9.65. The van der Waals surface area contributed by atoms with Gasteiger partial charge in [0.1, 0.15) is 0 Å². The third-order valence-corrected chi connectivity index (χ3v) is 4.89. The number of carbonyl (C=O) groups excluding carboxylic acids is 1. The van der Waals surface area contributed by atoms with Gasteiger partial charge in [0.2, 0.25) is 5.91 Å². The van der Waals surface area contributed by atoms with E-state index in [0.717, 1.165) is 25.1 Å². The molecule has 110 valence electrons. The molecule has 2 heterocycles. The van der Waals surface area contributed by atoms with Gasteiger partial charge in [0.25, 0.3) is 0 Å². The standard InChI is InChI=1S/C15H24N4O/c1-10-4-3-5-14(10)18-15(20)13-8-16-7-12(13)11-6-17-19(2)9-11/h6,9-10,12-14,16H,3-5,7-8H2,1-2H3,(H,18,20)/t10?,12-,13+,14?/m1/s1. The Bertz CT molecular complexity index is 484. The van der Waals surface area contributed by atoms with E-state index in [4.69, 9.17) is 0 Å². The first-order valence-electron chi connectivity index (χ1n) is 7.65. The van der Waals surface area contributed by atoms with Gasteiger partial charge in [0.15, 0.2) is 0 Å². The molecule has 1 aliphatic heterocycles. The normalized spacial score (nSPS) is 33.5. The minimum Gasteiger partial charge on any atom is -0.353 e. The lowest BCUT2D eigenvalue weighted by Crippen LogP contribution is -2.42. The quantitative estimate of drug-likeness (QED) is 0.867. The van der Waals surface area contributed by atoms with Gasteiger partial charge in [-0.2, -0.15) is 5.10 Å². The zero-order valence-electron chi connectivity index (χ0n) is 12.3. The summed E-state index contributed by atoms with van der Waals surface area (Å²) in [6, 6.07) is 0.373. The highest BCUT2D eigenvalue weighted by molar-refractivity contribution is 5.80. The second-order valence-electron chi connectivity index (χ2n) is 6.34. The SMILES string of the molecule is CC1CCCC1NC(=O)[C@H]1CNC[C@@H]1c1cnn(C)c1. The van der Waals surface area contributed by atoms with Crippen LogP contribution in [0.15, 0.2) is 12.4 Å². The zero-order valence-corrected chi connectivity index (χ0v) is 12.3. The van der Waals surface area contributed by atoms with Crippen LogP contribution in [0, 0.1) is 11.8 Å². The lowest BCUT2D eigenvalue weighted by atomic mass is 9.89. The van der Waals surface area contributed by atoms with Crippen LogP contribution < -0.4 is 10.6 Å². The van der Waals surface area contributed by atoms with Crippen LogP contribution in [-0.2, 0) is 11.8 Å². The van der Waals surface area contributed by atoms with Gasteiger partial charge in [-0.3, -0.25) is 9.48 Å². The molecule has 1 aromatic heterocycles. The van der Waals surface area contributed by atoms with Crippen molar-refractivity contribution < 1.29 is 4.79 Å². The fourth-order valence-electron chi connectivity index (χ4n) is 3.59. The van der Waals surface area contributed by atoms with E-state index in [1.165, 1.54) is 12.8 Å². The van der Waals surface area contributed by atoms with Crippen molar-refractivity contribution in [2.24, 2.45) is 18.9 Å². The molecule has 0 aromatic carbocycles. The second-order valence-corrected chi connectivity index (χ2v) is 6.34. The molecule has 5 nitrogen and oxygen atoms in total. The van der Waals surface area contributed by atoms with Crippen molar-refractivity contribution in [3.63, 3.8) is 0 Å². The maximum Gasteiger partial charge on any atom is 0.225 e. The largest absolute Gasteiger partial charge is 0.353 e. The van der Waals surface area contributed by atoms with Crippen LogP contribution in [0.25, 0.3) is 0 Å². The molecule has 2 aliphatic rings. The van der Waals surface area contributed by atoms with E-state index in [-0.39, 0.29) is 17.7 Å². The molecule has 1 amide bonds. The molecule has 1 saturated heterocycles. The molecule has 20 heavy (non-hydrogen) atoms. The van der Waals surface area contributed by atoms with Gasteiger partial charge < -0.3 is 10.6 Å². The predicted octanol–water partition coefficient (Wildman–Crippen LogP) is 1.03. The van der Waals surface area contributed by atoms with Crippen molar-refractivity contribution in [3.8, 4) is 0 Å². The Kier molecular flexibility index (Phi) is 3.78. The minimum absolute atomic E-state index is 0.0343. The fraction of sp³-hybridized carbons (Fsp3) is 0.733. The van der Waals surface area contributed by atoms with Crippen LogP contribution in [0.5, 0.6) is 0 Å². The van der Waals surface area contributed by atoms with E-state index >= 15 is 0 Å². The van der Waals surface area contributed by atoms with Crippen LogP contribution in [0.3, 0.4) is 0 Å². The lowest BCUT2D eigenvalue weighted by Gasteiger charge is -2.22. The molecule has 3 rings (SSSR count). The third kappa shape index (κ3) is 2.59. The van der Waals surface area contributed by atoms with E-state index in [1.807, 2.05) is 24.1 Å². The van der Waals surface area contributed by atoms with Crippen LogP contribution in [0.2, 0.25) is 0 Å². The third-order valence-electron chi connectivity index (χ3n) is 4.89. The average molecular weight is 276 g/mol. The summed E-state index contributed by atoms with van der Waals surface area (Å²) in [5, 5.41) is 10.8. The smallest absolute Gasteiger partial charge is 0.225 e. The molecule has 2 fully saturated rings. The molecule has 1 aromatic rings. The van der Waals surface area contributed by atoms with E-state index in [1.54, 1.807) is 0 Å². The molecule has 5 heteroatoms. The topological polar surface area (TPSA) is 59.0 Å². The molecule has 0 radical (unpaired) electrons. The number of aromatic nitrogens is 2. The van der Waals surface area contributed by atoms with Crippen LogP contribution >= 0.6 is 0 Å². The second kappa shape index (κ2) is 5.56. The molecule has 0 spiro atoms. The molecule has 1 saturated carbocycles. The van der Waals surface area contributed by atoms with Crippen molar-refractivity contribution in [1.29, 1.82) is 0 Å². The van der Waals surface area contributed by atoms with Gasteiger partial charge in [0, 0.05) is 38.3 Å². The minimum atomic E-state index is 0.0343. The Morgan fingerprint density at radius 3 is 2.95 bits per heavy atom. The van der Waals surface area contributed by atoms with E-state index < -0.39 is 0 Å². The van der Waals surface area contributed by atoms with Crippen LogP contribution in [0.1, 0.15) is 37.7 Å². The van der Waals surface area contributed by atoms with E-state index in [2.05, 4.69) is 22.7 Å². The van der Waals surface area contributed by atoms with Gasteiger partial charge in [-0.05, 0) is 24.3 Å². The Hall–Kier alpha value is -1.36. The number of amides is 1. The predicted molar refractivity (Wildman–Crippen MR) is 77.3 cm³/mol. The maximum atomic E-state index is 12.6. The summed E-state index contributed by atoms with van der Waals surface area (Å²) in [6.45, 7) is 3.87. The van der Waals surface area contributed by atoms with Gasteiger partial charge in [-0.15, -0.1) is 0 Å². The Labute approximate surface area is 120 Å². The number of carbonyl (C=O) groups is 1. The molecular weight excluding hydrogens is 252 g/mol. The number of nitrogens with zero attached hydrogens (tertiary/aromatic N) is 2. The Morgan fingerprint density at radius 1 is 1.45 bits per heavy atom. The highest BCUT2D eigenvalue weighted by Gasteiger charge is 2.36. The van der Waals surface area contributed by atoms with Crippen molar-refractivity contribution >= 4 is 5.91 Å². The summed E-state index contributed by atoms with van der Waals surface area (Å²) in [4.78, 5) is 12.6. The van der Waals surface area contributed by atoms with Crippen molar-refractivity contribution in [1.82, 2.24) is 20.4 Å². The average Bonchev–Trinajstić information content (AvgIpc) is 3.11.